The summed E-state index contributed by atoms with van der Waals surface area (Å²) in [5, 5.41) is 13.1. The van der Waals surface area contributed by atoms with Gasteiger partial charge < -0.3 is 50.7 Å². The average molecular weight is 974 g/mol. The van der Waals surface area contributed by atoms with Crippen LogP contribution in [0.3, 0.4) is 0 Å². The van der Waals surface area contributed by atoms with E-state index in [9.17, 15) is 57.5 Å². The van der Waals surface area contributed by atoms with Gasteiger partial charge in [0.05, 0.1) is 39.6 Å². The van der Waals surface area contributed by atoms with Gasteiger partial charge in [0.1, 0.15) is 24.2 Å². The van der Waals surface area contributed by atoms with Crippen molar-refractivity contribution in [3.05, 3.63) is 29.3 Å². The number of imide groups is 2. The molecule has 380 valence electrons. The zero-order valence-corrected chi connectivity index (χ0v) is 39.3. The number of fused-ring (bicyclic) bond motifs is 1. The van der Waals surface area contributed by atoms with Crippen molar-refractivity contribution in [1.82, 2.24) is 26.2 Å². The van der Waals surface area contributed by atoms with E-state index in [1.54, 1.807) is 12.1 Å². The molecule has 0 aromatic heterocycles. The molecule has 3 rings (SSSR count). The molecule has 0 spiro atoms. The molecule has 0 aliphatic carbocycles. The van der Waals surface area contributed by atoms with Crippen LogP contribution in [0.25, 0.3) is 0 Å². The number of benzene rings is 1. The monoisotopic (exact) mass is 973 g/mol. The van der Waals surface area contributed by atoms with Crippen LogP contribution in [0.15, 0.2) is 18.2 Å². The van der Waals surface area contributed by atoms with E-state index in [2.05, 4.69) is 31.3 Å². The Kier molecular flexibility index (Phi) is 23.7. The predicted molar refractivity (Wildman–Crippen MR) is 239 cm³/mol. The molecule has 1 aromatic carbocycles. The summed E-state index contributed by atoms with van der Waals surface area (Å²) in [6, 6.07) is 0.291. The van der Waals surface area contributed by atoms with E-state index >= 15 is 0 Å². The van der Waals surface area contributed by atoms with Gasteiger partial charge >= 0.3 is 29.8 Å². The minimum Gasteiger partial charge on any atom is -0.468 e. The lowest BCUT2D eigenvalue weighted by Crippen LogP contribution is -2.54. The Morgan fingerprint density at radius 2 is 1.22 bits per heavy atom. The summed E-state index contributed by atoms with van der Waals surface area (Å²) < 4.78 is 23.9. The molecule has 5 atom stereocenters. The number of methoxy groups -OCH3 is 4. The van der Waals surface area contributed by atoms with E-state index in [4.69, 9.17) is 24.7 Å². The van der Waals surface area contributed by atoms with Gasteiger partial charge in [-0.3, -0.25) is 53.4 Å². The minimum absolute atomic E-state index is 0.0336. The fraction of sp³-hybridized carbons (Fsp3) is 0.600. The van der Waals surface area contributed by atoms with Crippen molar-refractivity contribution < 1.29 is 81.2 Å². The lowest BCUT2D eigenvalue weighted by molar-refractivity contribution is -0.167. The van der Waals surface area contributed by atoms with Crippen LogP contribution in [-0.4, -0.2) is 148 Å². The third-order valence-corrected chi connectivity index (χ3v) is 11.2. The number of carbonyl (C=O) groups excluding carboxylic acids is 12. The van der Waals surface area contributed by atoms with E-state index in [1.807, 2.05) is 0 Å². The number of hydrogen-bond acceptors (Lipinski definition) is 19. The molecular weight excluding hydrogens is 911 g/mol. The van der Waals surface area contributed by atoms with Crippen LogP contribution in [0.5, 0.6) is 0 Å². The van der Waals surface area contributed by atoms with Crippen LogP contribution >= 0.6 is 0 Å². The summed E-state index contributed by atoms with van der Waals surface area (Å²) in [6.07, 6.45) is 1.45. The third kappa shape index (κ3) is 17.9. The van der Waals surface area contributed by atoms with Gasteiger partial charge in [-0.2, -0.15) is 0 Å². The molecular formula is C45H63N7O17. The molecule has 2 heterocycles. The summed E-state index contributed by atoms with van der Waals surface area (Å²) >= 11 is 0. The molecule has 7 amide bonds. The SMILES string of the molecule is COC(=O)[C@H](CCC(=O)NCCCCCCCCNc1cccc2c1C(=O)N(C1CCC(=O)NC1=O)C2=O)NC(=O)CC[C@H](OC(=O)CC[C@H](NC(=O)CC[C@H](N)C(=O)OC)C(=O)OC)C(=O)OC. The van der Waals surface area contributed by atoms with Gasteiger partial charge in [-0.1, -0.05) is 31.7 Å². The standard InChI is InChI=1S/C45H63N7O17/c1-65-42(61)27(46)14-19-34(54)50-30(44(63)67-3)16-23-37(57)69-32(45(64)68-4)18-22-35(55)49-29(43(62)66-2)15-20-33(53)48-25-10-8-6-5-7-9-24-47-28-13-11-12-26-38(28)41(60)52(40(26)59)31-17-21-36(56)51-39(31)58/h11-13,27,29-32,47H,5-10,14-25,46H2,1-4H3,(H,48,53)(H,49,55)(H,50,54)(H,51,56,58)/t27-,29-,30-,31?,32-/m0/s1. The minimum atomic E-state index is -1.55. The number of nitrogens with two attached hydrogens (primary N) is 1. The normalized spacial score (nSPS) is 15.8. The summed E-state index contributed by atoms with van der Waals surface area (Å²) in [5.74, 6) is -8.37. The second-order valence-corrected chi connectivity index (χ2v) is 16.1. The number of nitrogens with one attached hydrogen (secondary N) is 5. The number of esters is 5. The molecule has 69 heavy (non-hydrogen) atoms. The van der Waals surface area contributed by atoms with Crippen molar-refractivity contribution in [1.29, 1.82) is 0 Å². The van der Waals surface area contributed by atoms with Crippen LogP contribution in [0.4, 0.5) is 5.69 Å². The van der Waals surface area contributed by atoms with Gasteiger partial charge in [0.15, 0.2) is 6.10 Å². The molecule has 1 saturated heterocycles. The van der Waals surface area contributed by atoms with E-state index in [0.717, 1.165) is 65.4 Å². The number of carbonyl (C=O) groups is 12. The first kappa shape index (κ1) is 56.3. The van der Waals surface area contributed by atoms with Crippen molar-refractivity contribution in [2.45, 2.75) is 133 Å². The van der Waals surface area contributed by atoms with Crippen LogP contribution in [0.1, 0.15) is 123 Å². The van der Waals surface area contributed by atoms with Gasteiger partial charge in [0.25, 0.3) is 11.8 Å². The highest BCUT2D eigenvalue weighted by Crippen LogP contribution is 2.32. The van der Waals surface area contributed by atoms with Crippen LogP contribution in [-0.2, 0) is 71.6 Å². The van der Waals surface area contributed by atoms with Gasteiger partial charge in [-0.05, 0) is 50.7 Å². The number of nitrogens with zero attached hydrogens (tertiary/aromatic N) is 1. The number of anilines is 1. The lowest BCUT2D eigenvalue weighted by atomic mass is 10.0. The molecule has 2 aliphatic rings. The van der Waals surface area contributed by atoms with Crippen LogP contribution in [0, 0.1) is 0 Å². The van der Waals surface area contributed by atoms with Crippen molar-refractivity contribution in [2.75, 3.05) is 46.8 Å². The second-order valence-electron chi connectivity index (χ2n) is 16.1. The maximum absolute atomic E-state index is 13.3. The fourth-order valence-corrected chi connectivity index (χ4v) is 7.40. The van der Waals surface area contributed by atoms with Crippen molar-refractivity contribution in [3.63, 3.8) is 0 Å². The molecule has 7 N–H and O–H groups in total. The van der Waals surface area contributed by atoms with Crippen molar-refractivity contribution in [2.24, 2.45) is 5.73 Å². The largest absolute Gasteiger partial charge is 0.468 e. The smallest absolute Gasteiger partial charge is 0.347 e. The van der Waals surface area contributed by atoms with Crippen molar-refractivity contribution >= 4 is 76.9 Å². The zero-order valence-electron chi connectivity index (χ0n) is 39.3. The number of rotatable bonds is 30. The highest BCUT2D eigenvalue weighted by Gasteiger charge is 2.45. The highest BCUT2D eigenvalue weighted by molar-refractivity contribution is 6.25. The van der Waals surface area contributed by atoms with Crippen LogP contribution < -0.4 is 32.3 Å². The highest BCUT2D eigenvalue weighted by atomic mass is 16.6. The Morgan fingerprint density at radius 3 is 1.81 bits per heavy atom. The first-order chi connectivity index (χ1) is 32.9. The quantitative estimate of drug-likeness (QED) is 0.0255. The number of hydrogen-bond donors (Lipinski definition) is 6. The second kappa shape index (κ2) is 29.0. The van der Waals surface area contributed by atoms with Crippen LogP contribution in [0.2, 0.25) is 0 Å². The number of unbranched alkanes of at least 4 members (excludes halogenated alkanes) is 5. The first-order valence-electron chi connectivity index (χ1n) is 22.7. The van der Waals surface area contributed by atoms with Gasteiger partial charge in [-0.25, -0.2) is 14.4 Å². The molecule has 1 aromatic rings. The molecule has 0 radical (unpaired) electrons. The van der Waals surface area contributed by atoms with Gasteiger partial charge in [0.2, 0.25) is 29.5 Å². The first-order valence-corrected chi connectivity index (χ1v) is 22.7. The molecule has 2 aliphatic heterocycles. The summed E-state index contributed by atoms with van der Waals surface area (Å²) in [7, 11) is 4.36. The Hall–Kier alpha value is -6.98. The lowest BCUT2D eigenvalue weighted by Gasteiger charge is -2.27. The molecule has 1 fully saturated rings. The van der Waals surface area contributed by atoms with E-state index in [0.29, 0.717) is 25.2 Å². The van der Waals surface area contributed by atoms with Gasteiger partial charge in [0, 0.05) is 57.3 Å². The molecule has 24 nitrogen and oxygen atoms in total. The predicted octanol–water partition coefficient (Wildman–Crippen LogP) is -0.0220. The Bertz CT molecular complexity index is 2060. The van der Waals surface area contributed by atoms with Crippen molar-refractivity contribution in [3.8, 4) is 0 Å². The maximum Gasteiger partial charge on any atom is 0.347 e. The Labute approximate surface area is 398 Å². The number of ether oxygens (including phenoxy) is 5. The molecule has 0 saturated carbocycles. The van der Waals surface area contributed by atoms with E-state index in [-0.39, 0.29) is 68.4 Å². The number of piperidine rings is 1. The van der Waals surface area contributed by atoms with Gasteiger partial charge in [-0.15, -0.1) is 0 Å². The fourth-order valence-electron chi connectivity index (χ4n) is 7.40. The Morgan fingerprint density at radius 1 is 0.667 bits per heavy atom. The zero-order chi connectivity index (χ0) is 51.0. The maximum atomic E-state index is 13.3. The summed E-state index contributed by atoms with van der Waals surface area (Å²) in [4.78, 5) is 150. The Balaban J connectivity index is 1.33. The topological polar surface area (TPSA) is 340 Å². The summed E-state index contributed by atoms with van der Waals surface area (Å²) in [6.45, 7) is 0.923. The van der Waals surface area contributed by atoms with E-state index in [1.165, 1.54) is 6.07 Å². The molecule has 24 heteroatoms. The average Bonchev–Trinajstić information content (AvgIpc) is 3.59. The number of amides is 7. The summed E-state index contributed by atoms with van der Waals surface area (Å²) in [5.41, 5.74) is 6.54. The van der Waals surface area contributed by atoms with E-state index < -0.39 is 108 Å². The molecule has 1 unspecified atom stereocenters. The third-order valence-electron chi connectivity index (χ3n) is 11.2. The molecule has 0 bridgehead atoms.